The molecule has 4 N–H and O–H groups in total. The predicted molar refractivity (Wildman–Crippen MR) is 68.6 cm³/mol. The van der Waals surface area contributed by atoms with E-state index in [4.69, 9.17) is 10.8 Å². The van der Waals surface area contributed by atoms with Crippen molar-refractivity contribution in [1.82, 2.24) is 20.0 Å². The number of carboxylic acids is 1. The van der Waals surface area contributed by atoms with Gasteiger partial charge in [0.05, 0.1) is 5.69 Å². The Morgan fingerprint density at radius 3 is 2.55 bits per heavy atom. The Labute approximate surface area is 115 Å². The molecular weight excluding hydrogens is 266 g/mol. The SMILES string of the molecule is Cc1nn(C)cc1CNC(=O)N(CC(N)=O)CC(=O)O. The fraction of sp³-hybridized carbons (Fsp3) is 0.455. The molecule has 0 saturated carbocycles. The number of rotatable bonds is 6. The summed E-state index contributed by atoms with van der Waals surface area (Å²) in [5.41, 5.74) is 6.53. The van der Waals surface area contributed by atoms with E-state index in [-0.39, 0.29) is 6.54 Å². The van der Waals surface area contributed by atoms with E-state index in [0.29, 0.717) is 0 Å². The lowest BCUT2D eigenvalue weighted by Crippen LogP contribution is -2.46. The summed E-state index contributed by atoms with van der Waals surface area (Å²) in [6.07, 6.45) is 1.74. The first-order chi connectivity index (χ1) is 9.29. The van der Waals surface area contributed by atoms with E-state index in [2.05, 4.69) is 10.4 Å². The van der Waals surface area contributed by atoms with Crippen LogP contribution < -0.4 is 11.1 Å². The molecule has 0 aliphatic heterocycles. The lowest BCUT2D eigenvalue weighted by atomic mass is 10.3. The third-order valence-electron chi connectivity index (χ3n) is 2.51. The van der Waals surface area contributed by atoms with Gasteiger partial charge in [-0.3, -0.25) is 14.3 Å². The minimum Gasteiger partial charge on any atom is -0.480 e. The molecule has 0 aromatic carbocycles. The van der Waals surface area contributed by atoms with Gasteiger partial charge in [0.2, 0.25) is 5.91 Å². The molecule has 1 rings (SSSR count). The Hall–Kier alpha value is -2.58. The summed E-state index contributed by atoms with van der Waals surface area (Å²) in [5.74, 6) is -2.00. The van der Waals surface area contributed by atoms with Crippen molar-refractivity contribution in [2.75, 3.05) is 13.1 Å². The number of carbonyl (C=O) groups excluding carboxylic acids is 2. The number of urea groups is 1. The van der Waals surface area contributed by atoms with Crippen LogP contribution in [0.25, 0.3) is 0 Å². The van der Waals surface area contributed by atoms with Gasteiger partial charge in [0.25, 0.3) is 0 Å². The number of aryl methyl sites for hydroxylation is 2. The number of nitrogens with zero attached hydrogens (tertiary/aromatic N) is 3. The number of amides is 3. The van der Waals surface area contributed by atoms with Gasteiger partial charge in [0.1, 0.15) is 13.1 Å². The second-order valence-electron chi connectivity index (χ2n) is 4.29. The van der Waals surface area contributed by atoms with Crippen LogP contribution in [0.1, 0.15) is 11.3 Å². The van der Waals surface area contributed by atoms with Gasteiger partial charge in [0.15, 0.2) is 0 Å². The average Bonchev–Trinajstić information content (AvgIpc) is 2.62. The number of nitrogens with one attached hydrogen (secondary N) is 1. The average molecular weight is 283 g/mol. The highest BCUT2D eigenvalue weighted by Crippen LogP contribution is 2.04. The van der Waals surface area contributed by atoms with Gasteiger partial charge in [-0.15, -0.1) is 0 Å². The lowest BCUT2D eigenvalue weighted by Gasteiger charge is -2.19. The van der Waals surface area contributed by atoms with Crippen molar-refractivity contribution in [2.45, 2.75) is 13.5 Å². The molecule has 110 valence electrons. The summed E-state index contributed by atoms with van der Waals surface area (Å²) in [4.78, 5) is 34.1. The first-order valence-electron chi connectivity index (χ1n) is 5.81. The van der Waals surface area contributed by atoms with Gasteiger partial charge < -0.3 is 21.1 Å². The third-order valence-corrected chi connectivity index (χ3v) is 2.51. The molecule has 0 aliphatic rings. The first-order valence-corrected chi connectivity index (χ1v) is 5.81. The molecule has 9 heteroatoms. The number of aromatic nitrogens is 2. The maximum Gasteiger partial charge on any atom is 0.323 e. The number of primary amides is 1. The van der Waals surface area contributed by atoms with Crippen LogP contribution in [0.4, 0.5) is 4.79 Å². The summed E-state index contributed by atoms with van der Waals surface area (Å²) in [6.45, 7) is 0.929. The molecule has 0 saturated heterocycles. The maximum atomic E-state index is 11.8. The van der Waals surface area contributed by atoms with E-state index in [1.807, 2.05) is 0 Å². The highest BCUT2D eigenvalue weighted by Gasteiger charge is 2.18. The molecule has 0 atom stereocenters. The molecule has 0 bridgehead atoms. The van der Waals surface area contributed by atoms with Crippen LogP contribution in [-0.2, 0) is 23.2 Å². The van der Waals surface area contributed by atoms with Crippen LogP contribution in [0.2, 0.25) is 0 Å². The predicted octanol–water partition coefficient (Wildman–Crippen LogP) is -1.19. The lowest BCUT2D eigenvalue weighted by molar-refractivity contribution is -0.137. The van der Waals surface area contributed by atoms with Crippen LogP contribution in [0, 0.1) is 6.92 Å². The molecule has 0 spiro atoms. The zero-order chi connectivity index (χ0) is 15.3. The summed E-state index contributed by atoms with van der Waals surface area (Å²) < 4.78 is 1.61. The molecule has 0 radical (unpaired) electrons. The second-order valence-corrected chi connectivity index (χ2v) is 4.29. The quantitative estimate of drug-likeness (QED) is 0.604. The van der Waals surface area contributed by atoms with Crippen molar-refractivity contribution in [3.8, 4) is 0 Å². The van der Waals surface area contributed by atoms with Crippen molar-refractivity contribution < 1.29 is 19.5 Å². The van der Waals surface area contributed by atoms with Gasteiger partial charge in [-0.1, -0.05) is 0 Å². The van der Waals surface area contributed by atoms with E-state index in [0.717, 1.165) is 16.2 Å². The number of carbonyl (C=O) groups is 3. The van der Waals surface area contributed by atoms with Crippen LogP contribution in [-0.4, -0.2) is 50.8 Å². The van der Waals surface area contributed by atoms with Crippen molar-refractivity contribution >= 4 is 17.9 Å². The molecular formula is C11H17N5O4. The molecule has 20 heavy (non-hydrogen) atoms. The first kappa shape index (κ1) is 15.5. The van der Waals surface area contributed by atoms with Crippen LogP contribution in [0.5, 0.6) is 0 Å². The molecule has 9 nitrogen and oxygen atoms in total. The smallest absolute Gasteiger partial charge is 0.323 e. The van der Waals surface area contributed by atoms with Gasteiger partial charge in [-0.2, -0.15) is 5.10 Å². The van der Waals surface area contributed by atoms with Crippen LogP contribution >= 0.6 is 0 Å². The topological polar surface area (TPSA) is 131 Å². The monoisotopic (exact) mass is 283 g/mol. The number of hydrogen-bond donors (Lipinski definition) is 3. The molecule has 0 aliphatic carbocycles. The van der Waals surface area contributed by atoms with E-state index in [1.165, 1.54) is 0 Å². The summed E-state index contributed by atoms with van der Waals surface area (Å²) in [5, 5.41) is 15.3. The largest absolute Gasteiger partial charge is 0.480 e. The normalized spacial score (nSPS) is 10.1. The maximum absolute atomic E-state index is 11.8. The van der Waals surface area contributed by atoms with Gasteiger partial charge in [-0.25, -0.2) is 4.79 Å². The second kappa shape index (κ2) is 6.55. The summed E-state index contributed by atoms with van der Waals surface area (Å²) >= 11 is 0. The van der Waals surface area contributed by atoms with Crippen molar-refractivity contribution in [3.05, 3.63) is 17.5 Å². The Kier molecular flexibility index (Phi) is 5.07. The number of aliphatic carboxylic acids is 1. The zero-order valence-electron chi connectivity index (χ0n) is 11.3. The summed E-state index contributed by atoms with van der Waals surface area (Å²) in [6, 6.07) is -0.672. The molecule has 0 unspecified atom stereocenters. The molecule has 0 fully saturated rings. The summed E-state index contributed by atoms with van der Waals surface area (Å²) in [7, 11) is 1.75. The molecule has 1 aromatic rings. The van der Waals surface area contributed by atoms with Gasteiger partial charge >= 0.3 is 12.0 Å². The highest BCUT2D eigenvalue weighted by atomic mass is 16.4. The third kappa shape index (κ3) is 4.59. The fourth-order valence-electron chi connectivity index (χ4n) is 1.66. The van der Waals surface area contributed by atoms with Crippen LogP contribution in [0.3, 0.4) is 0 Å². The number of carboxylic acid groups (broad SMARTS) is 1. The van der Waals surface area contributed by atoms with Crippen molar-refractivity contribution in [2.24, 2.45) is 12.8 Å². The minimum absolute atomic E-state index is 0.188. The van der Waals surface area contributed by atoms with Gasteiger partial charge in [0, 0.05) is 25.4 Å². The van der Waals surface area contributed by atoms with E-state index in [1.54, 1.807) is 24.9 Å². The van der Waals surface area contributed by atoms with E-state index < -0.39 is 31.0 Å². The highest BCUT2D eigenvalue weighted by molar-refractivity contribution is 5.85. The Bertz CT molecular complexity index is 509. The number of hydrogen-bond acceptors (Lipinski definition) is 4. The van der Waals surface area contributed by atoms with Gasteiger partial charge in [-0.05, 0) is 6.92 Å². The standard InChI is InChI=1S/C11H17N5O4/c1-7-8(4-15(2)14-7)3-13-11(20)16(5-9(12)17)6-10(18)19/h4H,3,5-6H2,1-2H3,(H2,12,17)(H,13,20)(H,18,19). The zero-order valence-corrected chi connectivity index (χ0v) is 11.3. The van der Waals surface area contributed by atoms with E-state index >= 15 is 0 Å². The van der Waals surface area contributed by atoms with E-state index in [9.17, 15) is 14.4 Å². The van der Waals surface area contributed by atoms with Crippen molar-refractivity contribution in [1.29, 1.82) is 0 Å². The Balaban J connectivity index is 2.63. The minimum atomic E-state index is -1.22. The Morgan fingerprint density at radius 1 is 1.45 bits per heavy atom. The Morgan fingerprint density at radius 2 is 2.10 bits per heavy atom. The molecule has 3 amide bonds. The molecule has 1 heterocycles. The number of nitrogens with two attached hydrogens (primary N) is 1. The van der Waals surface area contributed by atoms with Crippen molar-refractivity contribution in [3.63, 3.8) is 0 Å². The van der Waals surface area contributed by atoms with Crippen LogP contribution in [0.15, 0.2) is 6.20 Å². The fourth-order valence-corrected chi connectivity index (χ4v) is 1.66. The molecule has 1 aromatic heterocycles.